The number of ether oxygens (including phenoxy) is 1. The van der Waals surface area contributed by atoms with Gasteiger partial charge in [0, 0.05) is 5.69 Å². The second-order valence-electron chi connectivity index (χ2n) is 6.85. The Morgan fingerprint density at radius 2 is 1.42 bits per heavy atom. The first kappa shape index (κ1) is 22.0. The Kier molecular flexibility index (Phi) is 5.59. The van der Waals surface area contributed by atoms with Gasteiger partial charge in [-0.05, 0) is 54.1 Å². The summed E-state index contributed by atoms with van der Waals surface area (Å²) in [5, 5.41) is 2.71. The molecule has 0 aliphatic carbocycles. The van der Waals surface area contributed by atoms with Crippen molar-refractivity contribution in [2.75, 3.05) is 10.2 Å². The first-order valence-corrected chi connectivity index (χ1v) is 9.40. The maximum absolute atomic E-state index is 14.4. The van der Waals surface area contributed by atoms with Crippen LogP contribution in [0, 0.1) is 11.6 Å². The van der Waals surface area contributed by atoms with Gasteiger partial charge < -0.3 is 10.1 Å². The SMILES string of the molecule is O=C1C(Nc2ccc(OC(F)(F)F)cc2)=C(c2ccc(F)cc2)C(=O)N1c1ccccc1F. The predicted octanol–water partition coefficient (Wildman–Crippen LogP) is 5.26. The van der Waals surface area contributed by atoms with Gasteiger partial charge in [0.05, 0.1) is 11.3 Å². The standard InChI is InChI=1S/C23H13F5N2O3/c24-14-7-5-13(6-8-14)19-20(29-15-9-11-16(12-10-15)33-23(26,27)28)22(32)30(21(19)31)18-4-2-1-3-17(18)25/h1-12,29H. The molecule has 0 spiro atoms. The van der Waals surface area contributed by atoms with Crippen molar-refractivity contribution in [2.45, 2.75) is 6.36 Å². The van der Waals surface area contributed by atoms with E-state index in [0.29, 0.717) is 4.90 Å². The van der Waals surface area contributed by atoms with E-state index in [0.717, 1.165) is 30.3 Å². The van der Waals surface area contributed by atoms with E-state index >= 15 is 0 Å². The van der Waals surface area contributed by atoms with Crippen LogP contribution < -0.4 is 15.0 Å². The van der Waals surface area contributed by atoms with Crippen molar-refractivity contribution in [3.8, 4) is 5.75 Å². The number of benzene rings is 3. The molecule has 4 rings (SSSR count). The number of para-hydroxylation sites is 1. The number of nitrogens with zero attached hydrogens (tertiary/aromatic N) is 1. The van der Waals surface area contributed by atoms with Gasteiger partial charge in [-0.2, -0.15) is 0 Å². The van der Waals surface area contributed by atoms with Gasteiger partial charge in [-0.25, -0.2) is 13.7 Å². The molecule has 3 aromatic rings. The molecule has 5 nitrogen and oxygen atoms in total. The Balaban J connectivity index is 1.74. The molecular weight excluding hydrogens is 447 g/mol. The van der Waals surface area contributed by atoms with Crippen molar-refractivity contribution in [1.82, 2.24) is 0 Å². The number of rotatable bonds is 5. The van der Waals surface area contributed by atoms with Crippen molar-refractivity contribution < 1.29 is 36.3 Å². The van der Waals surface area contributed by atoms with Gasteiger partial charge in [0.25, 0.3) is 11.8 Å². The van der Waals surface area contributed by atoms with Gasteiger partial charge in [0.1, 0.15) is 23.1 Å². The summed E-state index contributed by atoms with van der Waals surface area (Å²) in [6.07, 6.45) is -4.87. The Labute approximate surface area is 183 Å². The van der Waals surface area contributed by atoms with Gasteiger partial charge in [-0.1, -0.05) is 24.3 Å². The molecule has 10 heteroatoms. The number of halogens is 5. The molecule has 168 valence electrons. The fraction of sp³-hybridized carbons (Fsp3) is 0.0435. The zero-order valence-corrected chi connectivity index (χ0v) is 16.5. The Morgan fingerprint density at radius 3 is 2.03 bits per heavy atom. The van der Waals surface area contributed by atoms with E-state index in [4.69, 9.17) is 0 Å². The minimum Gasteiger partial charge on any atom is -0.406 e. The lowest BCUT2D eigenvalue weighted by Crippen LogP contribution is -2.33. The number of hydrogen-bond donors (Lipinski definition) is 1. The van der Waals surface area contributed by atoms with Crippen LogP contribution in [0.5, 0.6) is 5.75 Å². The summed E-state index contributed by atoms with van der Waals surface area (Å²) in [6, 6.07) is 14.4. The average molecular weight is 460 g/mol. The number of imide groups is 1. The molecule has 0 saturated carbocycles. The highest BCUT2D eigenvalue weighted by Gasteiger charge is 2.41. The molecule has 0 aromatic heterocycles. The summed E-state index contributed by atoms with van der Waals surface area (Å²) < 4.78 is 68.7. The third-order valence-corrected chi connectivity index (χ3v) is 4.67. The molecule has 1 N–H and O–H groups in total. The minimum atomic E-state index is -4.87. The predicted molar refractivity (Wildman–Crippen MR) is 109 cm³/mol. The summed E-state index contributed by atoms with van der Waals surface area (Å²) in [5.74, 6) is -3.61. The molecule has 33 heavy (non-hydrogen) atoms. The quantitative estimate of drug-likeness (QED) is 0.417. The Bertz CT molecular complexity index is 1250. The molecule has 2 amide bonds. The zero-order valence-electron chi connectivity index (χ0n) is 16.5. The molecule has 1 aliphatic heterocycles. The summed E-state index contributed by atoms with van der Waals surface area (Å²) in [6.45, 7) is 0. The highest BCUT2D eigenvalue weighted by molar-refractivity contribution is 6.46. The van der Waals surface area contributed by atoms with Crippen LogP contribution in [-0.2, 0) is 9.59 Å². The maximum Gasteiger partial charge on any atom is 0.573 e. The fourth-order valence-corrected chi connectivity index (χ4v) is 3.27. The Morgan fingerprint density at radius 1 is 0.788 bits per heavy atom. The number of anilines is 2. The average Bonchev–Trinajstić information content (AvgIpc) is 2.99. The van der Waals surface area contributed by atoms with Crippen LogP contribution in [0.1, 0.15) is 5.56 Å². The summed E-state index contributed by atoms with van der Waals surface area (Å²) >= 11 is 0. The van der Waals surface area contributed by atoms with Gasteiger partial charge >= 0.3 is 6.36 Å². The lowest BCUT2D eigenvalue weighted by atomic mass is 10.0. The first-order chi connectivity index (χ1) is 15.6. The monoisotopic (exact) mass is 460 g/mol. The van der Waals surface area contributed by atoms with E-state index in [1.54, 1.807) is 0 Å². The zero-order chi connectivity index (χ0) is 23.8. The summed E-state index contributed by atoms with van der Waals surface area (Å²) in [7, 11) is 0. The number of alkyl halides is 3. The second kappa shape index (κ2) is 8.38. The van der Waals surface area contributed by atoms with E-state index in [-0.39, 0.29) is 28.2 Å². The molecule has 1 aliphatic rings. The topological polar surface area (TPSA) is 58.6 Å². The van der Waals surface area contributed by atoms with Crippen molar-refractivity contribution in [1.29, 1.82) is 0 Å². The third-order valence-electron chi connectivity index (χ3n) is 4.67. The van der Waals surface area contributed by atoms with Crippen molar-refractivity contribution in [3.63, 3.8) is 0 Å². The minimum absolute atomic E-state index is 0.154. The fourth-order valence-electron chi connectivity index (χ4n) is 3.27. The number of carbonyl (C=O) groups excluding carboxylic acids is 2. The van der Waals surface area contributed by atoms with E-state index in [1.807, 2.05) is 0 Å². The van der Waals surface area contributed by atoms with Crippen molar-refractivity contribution in [3.05, 3.63) is 95.7 Å². The summed E-state index contributed by atoms with van der Waals surface area (Å²) in [5.41, 5.74) is -0.333. The van der Waals surface area contributed by atoms with Gasteiger partial charge in [-0.3, -0.25) is 9.59 Å². The molecule has 1 heterocycles. The van der Waals surface area contributed by atoms with Crippen LogP contribution in [0.2, 0.25) is 0 Å². The van der Waals surface area contributed by atoms with Crippen molar-refractivity contribution >= 4 is 28.8 Å². The van der Waals surface area contributed by atoms with Gasteiger partial charge in [0.15, 0.2) is 0 Å². The number of nitrogens with one attached hydrogen (secondary N) is 1. The van der Waals surface area contributed by atoms with E-state index in [9.17, 15) is 31.5 Å². The second-order valence-corrected chi connectivity index (χ2v) is 6.85. The molecule has 0 radical (unpaired) electrons. The van der Waals surface area contributed by atoms with Crippen LogP contribution in [0.25, 0.3) is 5.57 Å². The molecule has 0 unspecified atom stereocenters. The molecule has 0 bridgehead atoms. The molecule has 0 atom stereocenters. The number of carbonyl (C=O) groups is 2. The van der Waals surface area contributed by atoms with Crippen LogP contribution >= 0.6 is 0 Å². The maximum atomic E-state index is 14.4. The largest absolute Gasteiger partial charge is 0.573 e. The van der Waals surface area contributed by atoms with Crippen molar-refractivity contribution in [2.24, 2.45) is 0 Å². The normalized spacial score (nSPS) is 14.2. The smallest absolute Gasteiger partial charge is 0.406 e. The molecule has 0 fully saturated rings. The molecular formula is C23H13F5N2O3. The van der Waals surface area contributed by atoms with E-state index < -0.39 is 35.6 Å². The highest BCUT2D eigenvalue weighted by Crippen LogP contribution is 2.35. The van der Waals surface area contributed by atoms with Gasteiger partial charge in [-0.15, -0.1) is 13.2 Å². The molecule has 0 saturated heterocycles. The summed E-state index contributed by atoms with van der Waals surface area (Å²) in [4.78, 5) is 27.0. The highest BCUT2D eigenvalue weighted by atomic mass is 19.4. The first-order valence-electron chi connectivity index (χ1n) is 9.40. The van der Waals surface area contributed by atoms with E-state index in [2.05, 4.69) is 10.1 Å². The number of hydrogen-bond acceptors (Lipinski definition) is 4. The molecule has 3 aromatic carbocycles. The van der Waals surface area contributed by atoms with E-state index in [1.165, 1.54) is 42.5 Å². The van der Waals surface area contributed by atoms with Crippen LogP contribution in [0.4, 0.5) is 33.3 Å². The van der Waals surface area contributed by atoms with Crippen LogP contribution in [0.15, 0.2) is 78.5 Å². The van der Waals surface area contributed by atoms with Gasteiger partial charge in [0.2, 0.25) is 0 Å². The van der Waals surface area contributed by atoms with Crippen LogP contribution in [-0.4, -0.2) is 18.2 Å². The lowest BCUT2D eigenvalue weighted by Gasteiger charge is -2.16. The number of amides is 2. The lowest BCUT2D eigenvalue weighted by molar-refractivity contribution is -0.274. The van der Waals surface area contributed by atoms with Crippen LogP contribution in [0.3, 0.4) is 0 Å². The Hall–Kier alpha value is -4.21. The third kappa shape index (κ3) is 4.54.